The van der Waals surface area contributed by atoms with Crippen molar-refractivity contribution in [3.05, 3.63) is 29.3 Å². The van der Waals surface area contributed by atoms with Crippen molar-refractivity contribution >= 4 is 0 Å². The highest BCUT2D eigenvalue weighted by molar-refractivity contribution is 5.40. The number of rotatable bonds is 4. The number of hydrogen-bond acceptors (Lipinski definition) is 3. The van der Waals surface area contributed by atoms with Gasteiger partial charge in [0.1, 0.15) is 12.4 Å². The number of benzene rings is 1. The van der Waals surface area contributed by atoms with Gasteiger partial charge in [-0.15, -0.1) is 0 Å². The standard InChI is InChI=1S/C18H27NO2/c1-14-6-5-7-15(12-19)17(14)20-13-16-8-11-18(21-16)9-3-2-4-10-18/h5-7,16H,2-4,8-13,19H2,1H3. The summed E-state index contributed by atoms with van der Waals surface area (Å²) in [5.41, 5.74) is 8.22. The van der Waals surface area contributed by atoms with Crippen molar-refractivity contribution in [3.63, 3.8) is 0 Å². The lowest BCUT2D eigenvalue weighted by molar-refractivity contribution is -0.0749. The van der Waals surface area contributed by atoms with E-state index in [9.17, 15) is 0 Å². The van der Waals surface area contributed by atoms with Crippen molar-refractivity contribution in [2.45, 2.75) is 70.1 Å². The predicted octanol–water partition coefficient (Wildman–Crippen LogP) is 3.71. The van der Waals surface area contributed by atoms with E-state index < -0.39 is 0 Å². The molecule has 1 saturated heterocycles. The molecular weight excluding hydrogens is 262 g/mol. The number of hydrogen-bond donors (Lipinski definition) is 1. The smallest absolute Gasteiger partial charge is 0.126 e. The topological polar surface area (TPSA) is 44.5 Å². The number of ether oxygens (including phenoxy) is 2. The molecule has 0 bridgehead atoms. The summed E-state index contributed by atoms with van der Waals surface area (Å²) < 4.78 is 12.4. The Morgan fingerprint density at radius 3 is 2.81 bits per heavy atom. The zero-order valence-corrected chi connectivity index (χ0v) is 13.1. The molecule has 1 heterocycles. The third-order valence-electron chi connectivity index (χ3n) is 5.03. The first-order chi connectivity index (χ1) is 10.2. The van der Waals surface area contributed by atoms with Crippen LogP contribution < -0.4 is 10.5 Å². The fourth-order valence-electron chi connectivity index (χ4n) is 3.83. The van der Waals surface area contributed by atoms with Crippen LogP contribution in [0.3, 0.4) is 0 Å². The van der Waals surface area contributed by atoms with Crippen molar-refractivity contribution < 1.29 is 9.47 Å². The lowest BCUT2D eigenvalue weighted by Crippen LogP contribution is -2.33. The summed E-state index contributed by atoms with van der Waals surface area (Å²) in [5.74, 6) is 0.952. The minimum absolute atomic E-state index is 0.175. The second-order valence-corrected chi connectivity index (χ2v) is 6.60. The minimum Gasteiger partial charge on any atom is -0.490 e. The summed E-state index contributed by atoms with van der Waals surface area (Å²) in [5, 5.41) is 0. The third kappa shape index (κ3) is 3.24. The molecule has 1 aromatic rings. The van der Waals surface area contributed by atoms with Crippen molar-refractivity contribution in [2.24, 2.45) is 5.73 Å². The zero-order chi connectivity index (χ0) is 14.7. The molecule has 116 valence electrons. The molecule has 2 aliphatic rings. The maximum Gasteiger partial charge on any atom is 0.126 e. The molecule has 1 spiro atoms. The van der Waals surface area contributed by atoms with E-state index in [2.05, 4.69) is 13.0 Å². The van der Waals surface area contributed by atoms with Crippen LogP contribution >= 0.6 is 0 Å². The molecular formula is C18H27NO2. The molecule has 1 unspecified atom stereocenters. The van der Waals surface area contributed by atoms with Gasteiger partial charge >= 0.3 is 0 Å². The fourth-order valence-corrected chi connectivity index (χ4v) is 3.83. The van der Waals surface area contributed by atoms with Gasteiger partial charge in [0.15, 0.2) is 0 Å². The van der Waals surface area contributed by atoms with Crippen LogP contribution in [0.2, 0.25) is 0 Å². The summed E-state index contributed by atoms with van der Waals surface area (Å²) in [6.45, 7) is 3.25. The highest BCUT2D eigenvalue weighted by Gasteiger charge is 2.40. The van der Waals surface area contributed by atoms with E-state index in [0.717, 1.165) is 23.3 Å². The Hall–Kier alpha value is -1.06. The average Bonchev–Trinajstić information content (AvgIpc) is 2.89. The normalized spacial score (nSPS) is 24.4. The van der Waals surface area contributed by atoms with Gasteiger partial charge in [0.05, 0.1) is 11.7 Å². The van der Waals surface area contributed by atoms with Gasteiger partial charge in [0.2, 0.25) is 0 Å². The van der Waals surface area contributed by atoms with E-state index in [4.69, 9.17) is 15.2 Å². The van der Waals surface area contributed by atoms with Crippen molar-refractivity contribution in [3.8, 4) is 5.75 Å². The molecule has 0 radical (unpaired) electrons. The van der Waals surface area contributed by atoms with Gasteiger partial charge in [-0.1, -0.05) is 37.5 Å². The SMILES string of the molecule is Cc1cccc(CN)c1OCC1CCC2(CCCCC2)O1. The summed E-state index contributed by atoms with van der Waals surface area (Å²) in [7, 11) is 0. The first kappa shape index (κ1) is 14.9. The Kier molecular flexibility index (Phi) is 4.51. The van der Waals surface area contributed by atoms with Gasteiger partial charge in [-0.2, -0.15) is 0 Å². The zero-order valence-electron chi connectivity index (χ0n) is 13.1. The van der Waals surface area contributed by atoms with Crippen molar-refractivity contribution in [2.75, 3.05) is 6.61 Å². The average molecular weight is 289 g/mol. The lowest BCUT2D eigenvalue weighted by Gasteiger charge is -2.33. The van der Waals surface area contributed by atoms with E-state index >= 15 is 0 Å². The van der Waals surface area contributed by atoms with E-state index in [0.29, 0.717) is 13.2 Å². The van der Waals surface area contributed by atoms with E-state index in [-0.39, 0.29) is 11.7 Å². The Balaban J connectivity index is 1.59. The Morgan fingerprint density at radius 2 is 2.05 bits per heavy atom. The van der Waals surface area contributed by atoms with E-state index in [1.807, 2.05) is 12.1 Å². The molecule has 3 heteroatoms. The van der Waals surface area contributed by atoms with Crippen LogP contribution in [0.25, 0.3) is 0 Å². The summed E-state index contributed by atoms with van der Waals surface area (Å²) in [6, 6.07) is 6.15. The van der Waals surface area contributed by atoms with Crippen molar-refractivity contribution in [1.82, 2.24) is 0 Å². The minimum atomic E-state index is 0.175. The number of para-hydroxylation sites is 1. The lowest BCUT2D eigenvalue weighted by atomic mass is 9.83. The Labute approximate surface area is 127 Å². The largest absolute Gasteiger partial charge is 0.490 e. The van der Waals surface area contributed by atoms with Gasteiger partial charge in [-0.05, 0) is 38.2 Å². The van der Waals surface area contributed by atoms with Crippen LogP contribution in [0.4, 0.5) is 0 Å². The summed E-state index contributed by atoms with van der Waals surface area (Å²) in [6.07, 6.45) is 9.07. The van der Waals surface area contributed by atoms with Gasteiger partial charge in [-0.25, -0.2) is 0 Å². The second kappa shape index (κ2) is 6.37. The molecule has 0 aromatic heterocycles. The van der Waals surface area contributed by atoms with Crippen LogP contribution in [-0.2, 0) is 11.3 Å². The first-order valence-corrected chi connectivity index (χ1v) is 8.32. The van der Waals surface area contributed by atoms with E-state index in [1.54, 1.807) is 0 Å². The molecule has 1 atom stereocenters. The molecule has 1 aliphatic heterocycles. The molecule has 1 saturated carbocycles. The molecule has 1 aliphatic carbocycles. The molecule has 0 amide bonds. The molecule has 1 aromatic carbocycles. The van der Waals surface area contributed by atoms with Crippen LogP contribution in [-0.4, -0.2) is 18.3 Å². The highest BCUT2D eigenvalue weighted by atomic mass is 16.6. The molecule has 21 heavy (non-hydrogen) atoms. The maximum absolute atomic E-state index is 6.37. The molecule has 2 fully saturated rings. The number of nitrogens with two attached hydrogens (primary N) is 1. The van der Waals surface area contributed by atoms with Gasteiger partial charge in [0, 0.05) is 12.1 Å². The van der Waals surface area contributed by atoms with Crippen molar-refractivity contribution in [1.29, 1.82) is 0 Å². The highest BCUT2D eigenvalue weighted by Crippen LogP contribution is 2.42. The quantitative estimate of drug-likeness (QED) is 0.919. The molecule has 3 nitrogen and oxygen atoms in total. The summed E-state index contributed by atoms with van der Waals surface area (Å²) >= 11 is 0. The number of aryl methyl sites for hydroxylation is 1. The van der Waals surface area contributed by atoms with Gasteiger partial charge in [-0.3, -0.25) is 0 Å². The predicted molar refractivity (Wildman–Crippen MR) is 84.5 cm³/mol. The maximum atomic E-state index is 6.37. The van der Waals surface area contributed by atoms with Gasteiger partial charge in [0.25, 0.3) is 0 Å². The Bertz CT molecular complexity index is 480. The monoisotopic (exact) mass is 289 g/mol. The summed E-state index contributed by atoms with van der Waals surface area (Å²) in [4.78, 5) is 0. The van der Waals surface area contributed by atoms with Crippen LogP contribution in [0.1, 0.15) is 56.1 Å². The van der Waals surface area contributed by atoms with Crippen LogP contribution in [0, 0.1) is 6.92 Å². The molecule has 3 rings (SSSR count). The third-order valence-corrected chi connectivity index (χ3v) is 5.03. The Morgan fingerprint density at radius 1 is 1.24 bits per heavy atom. The first-order valence-electron chi connectivity index (χ1n) is 8.32. The van der Waals surface area contributed by atoms with Gasteiger partial charge < -0.3 is 15.2 Å². The van der Waals surface area contributed by atoms with Crippen LogP contribution in [0.15, 0.2) is 18.2 Å². The van der Waals surface area contributed by atoms with E-state index in [1.165, 1.54) is 38.5 Å². The second-order valence-electron chi connectivity index (χ2n) is 6.60. The fraction of sp³-hybridized carbons (Fsp3) is 0.667. The molecule has 2 N–H and O–H groups in total. The van der Waals surface area contributed by atoms with Crippen LogP contribution in [0.5, 0.6) is 5.75 Å².